The highest BCUT2D eigenvalue weighted by Gasteiger charge is 2.18. The van der Waals surface area contributed by atoms with Crippen LogP contribution in [0.5, 0.6) is 5.75 Å². The van der Waals surface area contributed by atoms with Crippen LogP contribution in [0.25, 0.3) is 11.4 Å². The Hall–Kier alpha value is -2.61. The molecule has 4 N–H and O–H groups in total. The van der Waals surface area contributed by atoms with Gasteiger partial charge in [-0.15, -0.1) is 0 Å². The molecule has 0 unspecified atom stereocenters. The van der Waals surface area contributed by atoms with E-state index in [0.717, 1.165) is 0 Å². The number of hydrogen-bond acceptors (Lipinski definition) is 7. The molecule has 0 bridgehead atoms. The minimum absolute atomic E-state index is 0.0999. The molecule has 2 rings (SSSR count). The molecule has 0 fully saturated rings. The van der Waals surface area contributed by atoms with E-state index in [4.69, 9.17) is 15.0 Å². The number of phenolic OH excluding ortho intramolecular Hbond substituents is 1. The summed E-state index contributed by atoms with van der Waals surface area (Å²) < 4.78 is 10.1. The largest absolute Gasteiger partial charge is 0.506 e. The summed E-state index contributed by atoms with van der Waals surface area (Å²) in [4.78, 5) is 15.8. The standard InChI is InChI=1S/C14H18N4O4/c1-14(2,3)21-13(20)16-9-6-8(4-5-10(9)19)12-17-11(7-15)22-18-12/h4-6,19H,7,15H2,1-3H3,(H,16,20). The summed E-state index contributed by atoms with van der Waals surface area (Å²) in [5.74, 6) is 0.509. The molecule has 8 heteroatoms. The summed E-state index contributed by atoms with van der Waals surface area (Å²) in [6.07, 6.45) is -0.671. The van der Waals surface area contributed by atoms with Gasteiger partial charge in [0.15, 0.2) is 0 Å². The van der Waals surface area contributed by atoms with Gasteiger partial charge in [0.05, 0.1) is 12.2 Å². The van der Waals surface area contributed by atoms with E-state index in [2.05, 4.69) is 15.5 Å². The number of rotatable bonds is 3. The predicted molar refractivity (Wildman–Crippen MR) is 79.1 cm³/mol. The molecular formula is C14H18N4O4. The molecule has 8 nitrogen and oxygen atoms in total. The summed E-state index contributed by atoms with van der Waals surface area (Å²) in [6, 6.07) is 4.53. The van der Waals surface area contributed by atoms with Gasteiger partial charge in [-0.2, -0.15) is 4.98 Å². The minimum atomic E-state index is -0.671. The van der Waals surface area contributed by atoms with Crippen LogP contribution in [0.2, 0.25) is 0 Å². The van der Waals surface area contributed by atoms with E-state index in [-0.39, 0.29) is 18.0 Å². The number of nitrogens with one attached hydrogen (secondary N) is 1. The summed E-state index contributed by atoms with van der Waals surface area (Å²) in [7, 11) is 0. The first kappa shape index (κ1) is 15.8. The quantitative estimate of drug-likeness (QED) is 0.743. The van der Waals surface area contributed by atoms with E-state index in [1.165, 1.54) is 12.1 Å². The fourth-order valence-corrected chi connectivity index (χ4v) is 1.64. The lowest BCUT2D eigenvalue weighted by molar-refractivity contribution is 0.0635. The van der Waals surface area contributed by atoms with E-state index >= 15 is 0 Å². The van der Waals surface area contributed by atoms with E-state index in [0.29, 0.717) is 17.3 Å². The van der Waals surface area contributed by atoms with Crippen molar-refractivity contribution in [3.05, 3.63) is 24.1 Å². The van der Waals surface area contributed by atoms with E-state index in [1.807, 2.05) is 0 Å². The Bertz CT molecular complexity index is 676. The van der Waals surface area contributed by atoms with Crippen LogP contribution in [0.15, 0.2) is 22.7 Å². The molecule has 0 spiro atoms. The number of hydrogen-bond donors (Lipinski definition) is 3. The molecule has 0 saturated heterocycles. The van der Waals surface area contributed by atoms with Crippen LogP contribution in [-0.4, -0.2) is 26.9 Å². The smallest absolute Gasteiger partial charge is 0.412 e. The van der Waals surface area contributed by atoms with Gasteiger partial charge in [-0.3, -0.25) is 5.32 Å². The lowest BCUT2D eigenvalue weighted by atomic mass is 10.1. The zero-order chi connectivity index (χ0) is 16.3. The van der Waals surface area contributed by atoms with Gasteiger partial charge in [0.25, 0.3) is 0 Å². The molecule has 0 aliphatic rings. The molecule has 1 heterocycles. The van der Waals surface area contributed by atoms with Crippen molar-refractivity contribution in [3.8, 4) is 17.1 Å². The molecule has 0 radical (unpaired) electrons. The highest BCUT2D eigenvalue weighted by Crippen LogP contribution is 2.29. The molecule has 118 valence electrons. The molecular weight excluding hydrogens is 288 g/mol. The first-order valence-electron chi connectivity index (χ1n) is 6.64. The number of anilines is 1. The van der Waals surface area contributed by atoms with Crippen molar-refractivity contribution in [2.24, 2.45) is 5.73 Å². The number of amides is 1. The third kappa shape index (κ3) is 3.95. The maximum atomic E-state index is 11.8. The third-order valence-electron chi connectivity index (χ3n) is 2.53. The highest BCUT2D eigenvalue weighted by molar-refractivity contribution is 5.88. The van der Waals surface area contributed by atoms with Gasteiger partial charge in [-0.1, -0.05) is 5.16 Å². The minimum Gasteiger partial charge on any atom is -0.506 e. The molecule has 1 aromatic heterocycles. The molecule has 2 aromatic rings. The van der Waals surface area contributed by atoms with Crippen molar-refractivity contribution >= 4 is 11.8 Å². The van der Waals surface area contributed by atoms with Crippen LogP contribution >= 0.6 is 0 Å². The van der Waals surface area contributed by atoms with Gasteiger partial charge in [0, 0.05) is 5.56 Å². The number of carbonyl (C=O) groups is 1. The average Bonchev–Trinajstić information content (AvgIpc) is 2.88. The van der Waals surface area contributed by atoms with Gasteiger partial charge < -0.3 is 20.1 Å². The Morgan fingerprint density at radius 1 is 1.45 bits per heavy atom. The van der Waals surface area contributed by atoms with Gasteiger partial charge in [0.1, 0.15) is 11.4 Å². The van der Waals surface area contributed by atoms with Gasteiger partial charge in [-0.05, 0) is 39.0 Å². The summed E-state index contributed by atoms with van der Waals surface area (Å²) >= 11 is 0. The average molecular weight is 306 g/mol. The molecule has 0 saturated carbocycles. The van der Waals surface area contributed by atoms with Crippen LogP contribution < -0.4 is 11.1 Å². The summed E-state index contributed by atoms with van der Waals surface area (Å²) in [5, 5.41) is 16.1. The topological polar surface area (TPSA) is 124 Å². The predicted octanol–water partition coefficient (Wildman–Crippen LogP) is 2.25. The zero-order valence-electron chi connectivity index (χ0n) is 12.6. The van der Waals surface area contributed by atoms with Gasteiger partial charge in [0.2, 0.25) is 11.7 Å². The highest BCUT2D eigenvalue weighted by atomic mass is 16.6. The summed E-state index contributed by atoms with van der Waals surface area (Å²) in [5.41, 5.74) is 5.52. The van der Waals surface area contributed by atoms with Crippen molar-refractivity contribution in [1.29, 1.82) is 0 Å². The van der Waals surface area contributed by atoms with Crippen LogP contribution in [0, 0.1) is 0 Å². The van der Waals surface area contributed by atoms with Crippen LogP contribution in [-0.2, 0) is 11.3 Å². The van der Waals surface area contributed by atoms with Crippen LogP contribution in [0.4, 0.5) is 10.5 Å². The fraction of sp³-hybridized carbons (Fsp3) is 0.357. The normalized spacial score (nSPS) is 11.3. The molecule has 0 atom stereocenters. The number of carbonyl (C=O) groups excluding carboxylic acids is 1. The van der Waals surface area contributed by atoms with Crippen LogP contribution in [0.1, 0.15) is 26.7 Å². The maximum absolute atomic E-state index is 11.8. The van der Waals surface area contributed by atoms with Crippen molar-refractivity contribution < 1.29 is 19.2 Å². The number of aromatic nitrogens is 2. The SMILES string of the molecule is CC(C)(C)OC(=O)Nc1cc(-c2noc(CN)n2)ccc1O. The van der Waals surface area contributed by atoms with E-state index in [9.17, 15) is 9.90 Å². The number of aromatic hydroxyl groups is 1. The third-order valence-corrected chi connectivity index (χ3v) is 2.53. The molecule has 1 amide bonds. The van der Waals surface area contributed by atoms with Crippen LogP contribution in [0.3, 0.4) is 0 Å². The number of nitrogens with two attached hydrogens (primary N) is 1. The van der Waals surface area contributed by atoms with Crippen molar-refractivity contribution in [2.45, 2.75) is 32.9 Å². The first-order chi connectivity index (χ1) is 10.3. The molecule has 22 heavy (non-hydrogen) atoms. The molecule has 1 aromatic carbocycles. The van der Waals surface area contributed by atoms with Crippen molar-refractivity contribution in [1.82, 2.24) is 10.1 Å². The molecule has 0 aliphatic carbocycles. The first-order valence-corrected chi connectivity index (χ1v) is 6.64. The monoisotopic (exact) mass is 306 g/mol. The Labute approximate surface area is 127 Å². The molecule has 0 aliphatic heterocycles. The number of nitrogens with zero attached hydrogens (tertiary/aromatic N) is 2. The fourth-order valence-electron chi connectivity index (χ4n) is 1.64. The van der Waals surface area contributed by atoms with Gasteiger partial charge in [-0.25, -0.2) is 4.79 Å². The second-order valence-electron chi connectivity index (χ2n) is 5.57. The Morgan fingerprint density at radius 2 is 2.18 bits per heavy atom. The second kappa shape index (κ2) is 6.02. The summed E-state index contributed by atoms with van der Waals surface area (Å²) in [6.45, 7) is 5.37. The van der Waals surface area contributed by atoms with Gasteiger partial charge >= 0.3 is 6.09 Å². The van der Waals surface area contributed by atoms with E-state index < -0.39 is 11.7 Å². The maximum Gasteiger partial charge on any atom is 0.412 e. The second-order valence-corrected chi connectivity index (χ2v) is 5.57. The van der Waals surface area contributed by atoms with Crippen molar-refractivity contribution in [3.63, 3.8) is 0 Å². The number of phenols is 1. The van der Waals surface area contributed by atoms with E-state index in [1.54, 1.807) is 26.8 Å². The Morgan fingerprint density at radius 3 is 2.77 bits per heavy atom. The van der Waals surface area contributed by atoms with Crippen molar-refractivity contribution in [2.75, 3.05) is 5.32 Å². The Kier molecular flexibility index (Phi) is 4.32. The lowest BCUT2D eigenvalue weighted by Crippen LogP contribution is -2.27. The number of ether oxygens (including phenoxy) is 1. The zero-order valence-corrected chi connectivity index (χ0v) is 12.6. The number of benzene rings is 1. The lowest BCUT2D eigenvalue weighted by Gasteiger charge is -2.20. The Balaban J connectivity index is 2.21.